The zero-order valence-corrected chi connectivity index (χ0v) is 11.3. The number of halogens is 2. The van der Waals surface area contributed by atoms with Gasteiger partial charge < -0.3 is 4.98 Å². The fourth-order valence-corrected chi connectivity index (χ4v) is 2.03. The molecule has 0 amide bonds. The molecule has 0 fully saturated rings. The molecular formula is C11H7BrClN3O2. The molecule has 0 aliphatic heterocycles. The van der Waals surface area contributed by atoms with Gasteiger partial charge in [0.1, 0.15) is 4.83 Å². The van der Waals surface area contributed by atoms with Crippen LogP contribution < -0.4 is 5.56 Å². The van der Waals surface area contributed by atoms with Gasteiger partial charge >= 0.3 is 0 Å². The Balaban J connectivity index is 2.35. The Morgan fingerprint density at radius 2 is 2.22 bits per heavy atom. The molecule has 0 aromatic carbocycles. The normalized spacial score (nSPS) is 12.1. The van der Waals surface area contributed by atoms with Gasteiger partial charge in [-0.1, -0.05) is 15.9 Å². The lowest BCUT2D eigenvalue weighted by Gasteiger charge is -2.07. The van der Waals surface area contributed by atoms with Crippen molar-refractivity contribution in [2.24, 2.45) is 0 Å². The summed E-state index contributed by atoms with van der Waals surface area (Å²) in [7, 11) is 0. The average molecular weight is 329 g/mol. The fourth-order valence-electron chi connectivity index (χ4n) is 1.38. The van der Waals surface area contributed by atoms with Gasteiger partial charge in [-0.25, -0.2) is 9.97 Å². The number of nitrogens with zero attached hydrogens (tertiary/aromatic N) is 2. The largest absolute Gasteiger partial charge is 0.328 e. The van der Waals surface area contributed by atoms with Gasteiger partial charge in [0.05, 0.1) is 11.3 Å². The van der Waals surface area contributed by atoms with Crippen molar-refractivity contribution in [3.05, 3.63) is 57.5 Å². The molecule has 0 aliphatic carbocycles. The summed E-state index contributed by atoms with van der Waals surface area (Å²) in [5.74, 6) is -0.383. The number of nitrogens with one attached hydrogen (secondary N) is 1. The van der Waals surface area contributed by atoms with Crippen molar-refractivity contribution in [1.29, 1.82) is 0 Å². The number of H-pyrrole nitrogens is 1. The predicted octanol–water partition coefficient (Wildman–Crippen LogP) is 2.14. The standard InChI is InChI=1S/C11H7BrClN3O2/c12-8(7-3-5-15-11(13)16-7)9(17)6-2-1-4-14-10(6)18/h1-5,8H,(H,14,18). The number of alkyl halides is 1. The van der Waals surface area contributed by atoms with Crippen LogP contribution in [-0.2, 0) is 0 Å². The molecule has 18 heavy (non-hydrogen) atoms. The van der Waals surface area contributed by atoms with E-state index in [0.717, 1.165) is 0 Å². The number of Topliss-reactive ketones (excluding diaryl/α,β-unsaturated/α-hetero) is 1. The summed E-state index contributed by atoms with van der Waals surface area (Å²) < 4.78 is 0. The van der Waals surface area contributed by atoms with Crippen LogP contribution in [0.3, 0.4) is 0 Å². The molecule has 0 radical (unpaired) electrons. The van der Waals surface area contributed by atoms with Crippen LogP contribution in [0.5, 0.6) is 0 Å². The summed E-state index contributed by atoms with van der Waals surface area (Å²) in [5, 5.41) is 0.0479. The van der Waals surface area contributed by atoms with Crippen LogP contribution in [0.4, 0.5) is 0 Å². The van der Waals surface area contributed by atoms with E-state index in [0.29, 0.717) is 5.69 Å². The van der Waals surface area contributed by atoms with Crippen molar-refractivity contribution in [2.75, 3.05) is 0 Å². The molecule has 2 aromatic heterocycles. The Bertz CT molecular complexity index is 644. The monoisotopic (exact) mass is 327 g/mol. The van der Waals surface area contributed by atoms with Gasteiger partial charge in [0.25, 0.3) is 5.56 Å². The highest BCUT2D eigenvalue weighted by Crippen LogP contribution is 2.24. The first-order valence-electron chi connectivity index (χ1n) is 4.94. The molecule has 1 atom stereocenters. The first-order valence-corrected chi connectivity index (χ1v) is 6.23. The van der Waals surface area contributed by atoms with Crippen LogP contribution >= 0.6 is 27.5 Å². The van der Waals surface area contributed by atoms with Crippen LogP contribution in [0, 0.1) is 0 Å². The Hall–Kier alpha value is -1.53. The molecule has 0 spiro atoms. The van der Waals surface area contributed by atoms with Crippen molar-refractivity contribution in [3.63, 3.8) is 0 Å². The smallest absolute Gasteiger partial charge is 0.258 e. The summed E-state index contributed by atoms with van der Waals surface area (Å²) >= 11 is 8.85. The molecule has 2 rings (SSSR count). The van der Waals surface area contributed by atoms with Crippen molar-refractivity contribution in [1.82, 2.24) is 15.0 Å². The maximum absolute atomic E-state index is 12.1. The van der Waals surface area contributed by atoms with Crippen molar-refractivity contribution >= 4 is 33.3 Å². The third-order valence-corrected chi connectivity index (χ3v) is 3.29. The van der Waals surface area contributed by atoms with Crippen LogP contribution in [0.15, 0.2) is 35.4 Å². The second kappa shape index (κ2) is 5.41. The van der Waals surface area contributed by atoms with E-state index in [1.165, 1.54) is 18.5 Å². The molecule has 0 aliphatic rings. The number of rotatable bonds is 3. The Morgan fingerprint density at radius 3 is 2.89 bits per heavy atom. The van der Waals surface area contributed by atoms with E-state index in [-0.39, 0.29) is 16.6 Å². The molecule has 0 saturated heterocycles. The number of carbonyl (C=O) groups is 1. The lowest BCUT2D eigenvalue weighted by Crippen LogP contribution is -2.20. The van der Waals surface area contributed by atoms with Crippen LogP contribution in [0.1, 0.15) is 20.9 Å². The Kier molecular flexibility index (Phi) is 3.88. The minimum absolute atomic E-state index is 0.0479. The highest BCUT2D eigenvalue weighted by molar-refractivity contribution is 9.09. The topological polar surface area (TPSA) is 75.7 Å². The summed E-state index contributed by atoms with van der Waals surface area (Å²) in [6.45, 7) is 0. The zero-order chi connectivity index (χ0) is 13.1. The van der Waals surface area contributed by atoms with Crippen molar-refractivity contribution in [2.45, 2.75) is 4.83 Å². The van der Waals surface area contributed by atoms with Crippen molar-refractivity contribution in [3.8, 4) is 0 Å². The van der Waals surface area contributed by atoms with Gasteiger partial charge in [-0.05, 0) is 29.8 Å². The van der Waals surface area contributed by atoms with Crippen LogP contribution in [-0.4, -0.2) is 20.7 Å². The molecule has 7 heteroatoms. The van der Waals surface area contributed by atoms with E-state index < -0.39 is 10.4 Å². The van der Waals surface area contributed by atoms with E-state index in [1.54, 1.807) is 12.1 Å². The molecule has 0 saturated carbocycles. The van der Waals surface area contributed by atoms with Gasteiger partial charge in [-0.2, -0.15) is 0 Å². The zero-order valence-electron chi connectivity index (χ0n) is 8.93. The van der Waals surface area contributed by atoms with Gasteiger partial charge in [0, 0.05) is 12.4 Å². The first-order chi connectivity index (χ1) is 8.59. The van der Waals surface area contributed by atoms with Gasteiger partial charge in [-0.15, -0.1) is 0 Å². The molecule has 5 nitrogen and oxygen atoms in total. The van der Waals surface area contributed by atoms with Gasteiger partial charge in [0.2, 0.25) is 5.28 Å². The molecule has 1 unspecified atom stereocenters. The van der Waals surface area contributed by atoms with Crippen molar-refractivity contribution < 1.29 is 4.79 Å². The summed E-state index contributed by atoms with van der Waals surface area (Å²) in [4.78, 5) is 33.0. The number of aromatic nitrogens is 3. The van der Waals surface area contributed by atoms with E-state index in [1.807, 2.05) is 0 Å². The SMILES string of the molecule is O=C(c1ccc[nH]c1=O)C(Br)c1ccnc(Cl)n1. The van der Waals surface area contributed by atoms with Crippen LogP contribution in [0.2, 0.25) is 5.28 Å². The third-order valence-electron chi connectivity index (χ3n) is 2.22. The Labute approximate surface area is 115 Å². The molecule has 0 bridgehead atoms. The average Bonchev–Trinajstić information content (AvgIpc) is 2.37. The molecular weight excluding hydrogens is 321 g/mol. The number of pyridine rings is 1. The van der Waals surface area contributed by atoms with E-state index >= 15 is 0 Å². The number of hydrogen-bond donors (Lipinski definition) is 1. The van der Waals surface area contributed by atoms with E-state index in [4.69, 9.17) is 11.6 Å². The Morgan fingerprint density at radius 1 is 1.44 bits per heavy atom. The molecule has 1 N–H and O–H groups in total. The summed E-state index contributed by atoms with van der Waals surface area (Å²) in [5.41, 5.74) is 0.0319. The highest BCUT2D eigenvalue weighted by Gasteiger charge is 2.22. The second-order valence-corrected chi connectivity index (χ2v) is 4.64. The van der Waals surface area contributed by atoms with E-state index in [9.17, 15) is 9.59 Å². The lowest BCUT2D eigenvalue weighted by atomic mass is 10.1. The van der Waals surface area contributed by atoms with Gasteiger partial charge in [-0.3, -0.25) is 9.59 Å². The number of carbonyl (C=O) groups excluding carboxylic acids is 1. The lowest BCUT2D eigenvalue weighted by molar-refractivity contribution is 0.0989. The summed E-state index contributed by atoms with van der Waals surface area (Å²) in [6.07, 6.45) is 2.91. The predicted molar refractivity (Wildman–Crippen MR) is 70.1 cm³/mol. The minimum atomic E-state index is -0.735. The van der Waals surface area contributed by atoms with Crippen LogP contribution in [0.25, 0.3) is 0 Å². The number of hydrogen-bond acceptors (Lipinski definition) is 4. The molecule has 2 heterocycles. The number of aromatic amines is 1. The van der Waals surface area contributed by atoms with E-state index in [2.05, 4.69) is 30.9 Å². The number of ketones is 1. The first kappa shape index (κ1) is 12.9. The molecule has 92 valence electrons. The quantitative estimate of drug-likeness (QED) is 0.532. The highest BCUT2D eigenvalue weighted by atomic mass is 79.9. The fraction of sp³-hybridized carbons (Fsp3) is 0.0909. The minimum Gasteiger partial charge on any atom is -0.328 e. The third kappa shape index (κ3) is 2.65. The maximum Gasteiger partial charge on any atom is 0.258 e. The second-order valence-electron chi connectivity index (χ2n) is 3.39. The van der Waals surface area contributed by atoms with Gasteiger partial charge in [0.15, 0.2) is 5.78 Å². The summed E-state index contributed by atoms with van der Waals surface area (Å²) in [6, 6.07) is 4.60. The molecule has 2 aromatic rings. The maximum atomic E-state index is 12.1.